The fraction of sp³-hybridized carbons (Fsp3) is 0.200. The van der Waals surface area contributed by atoms with E-state index in [9.17, 15) is 4.39 Å². The number of benzene rings is 2. The Labute approximate surface area is 116 Å². The quantitative estimate of drug-likeness (QED) is 0.766. The van der Waals surface area contributed by atoms with E-state index in [1.165, 1.54) is 19.2 Å². The predicted molar refractivity (Wildman–Crippen MR) is 75.5 cm³/mol. The minimum absolute atomic E-state index is 0.281. The van der Waals surface area contributed by atoms with Gasteiger partial charge in [0.25, 0.3) is 0 Å². The van der Waals surface area contributed by atoms with E-state index >= 15 is 0 Å². The zero-order chi connectivity index (χ0) is 13.7. The molecule has 2 nitrogen and oxygen atoms in total. The van der Waals surface area contributed by atoms with Crippen LogP contribution in [0.15, 0.2) is 47.4 Å². The zero-order valence-corrected chi connectivity index (χ0v) is 11.7. The van der Waals surface area contributed by atoms with Crippen molar-refractivity contribution in [3.05, 3.63) is 53.8 Å². The summed E-state index contributed by atoms with van der Waals surface area (Å²) >= 11 is 1.57. The van der Waals surface area contributed by atoms with E-state index in [0.29, 0.717) is 5.75 Å². The molecule has 0 bridgehead atoms. The Balaban J connectivity index is 2.03. The molecule has 19 heavy (non-hydrogen) atoms. The molecule has 0 atom stereocenters. The molecule has 0 aromatic heterocycles. The van der Waals surface area contributed by atoms with Gasteiger partial charge in [0, 0.05) is 16.7 Å². The van der Waals surface area contributed by atoms with Crippen molar-refractivity contribution in [1.82, 2.24) is 0 Å². The minimum atomic E-state index is -0.281. The van der Waals surface area contributed by atoms with Crippen LogP contribution in [0.1, 0.15) is 5.56 Å². The predicted octanol–water partition coefficient (Wildman–Crippen LogP) is 4.14. The van der Waals surface area contributed by atoms with Crippen molar-refractivity contribution in [2.45, 2.75) is 10.6 Å². The molecule has 0 amide bonds. The molecule has 0 heterocycles. The molecule has 100 valence electrons. The van der Waals surface area contributed by atoms with Crippen LogP contribution in [-0.2, 0) is 5.75 Å². The number of methoxy groups -OCH3 is 2. The minimum Gasteiger partial charge on any atom is -0.497 e. The second kappa shape index (κ2) is 6.48. The maximum Gasteiger partial charge on any atom is 0.128 e. The highest BCUT2D eigenvalue weighted by Gasteiger charge is 2.02. The summed E-state index contributed by atoms with van der Waals surface area (Å²) < 4.78 is 23.5. The lowest BCUT2D eigenvalue weighted by molar-refractivity contribution is 0.410. The van der Waals surface area contributed by atoms with Crippen LogP contribution >= 0.6 is 11.8 Å². The molecule has 0 radical (unpaired) electrons. The van der Waals surface area contributed by atoms with Gasteiger partial charge in [0.2, 0.25) is 0 Å². The topological polar surface area (TPSA) is 18.5 Å². The van der Waals surface area contributed by atoms with E-state index in [0.717, 1.165) is 22.0 Å². The van der Waals surface area contributed by atoms with Gasteiger partial charge in [-0.3, -0.25) is 0 Å². The van der Waals surface area contributed by atoms with Gasteiger partial charge in [-0.25, -0.2) is 4.39 Å². The molecule has 2 aromatic rings. The zero-order valence-electron chi connectivity index (χ0n) is 10.9. The number of halogens is 1. The third-order valence-corrected chi connectivity index (χ3v) is 3.69. The van der Waals surface area contributed by atoms with Crippen LogP contribution in [0, 0.1) is 5.82 Å². The fourth-order valence-electron chi connectivity index (χ4n) is 1.63. The SMILES string of the molecule is COc1ccc(CSc2cc(F)cc(OC)c2)cc1. The second-order valence-corrected chi connectivity index (χ2v) is 5.01. The lowest BCUT2D eigenvalue weighted by Gasteiger charge is -2.06. The molecule has 0 spiro atoms. The summed E-state index contributed by atoms with van der Waals surface area (Å²) in [5.41, 5.74) is 1.16. The van der Waals surface area contributed by atoms with Crippen molar-refractivity contribution in [2.75, 3.05) is 14.2 Å². The monoisotopic (exact) mass is 278 g/mol. The Morgan fingerprint density at radius 1 is 0.947 bits per heavy atom. The van der Waals surface area contributed by atoms with Gasteiger partial charge in [-0.1, -0.05) is 12.1 Å². The van der Waals surface area contributed by atoms with Crippen LogP contribution in [0.3, 0.4) is 0 Å². The summed E-state index contributed by atoms with van der Waals surface area (Å²) in [5.74, 6) is 1.87. The Morgan fingerprint density at radius 2 is 1.63 bits per heavy atom. The lowest BCUT2D eigenvalue weighted by atomic mass is 10.2. The van der Waals surface area contributed by atoms with Crippen molar-refractivity contribution in [3.8, 4) is 11.5 Å². The van der Waals surface area contributed by atoms with Gasteiger partial charge in [0.1, 0.15) is 17.3 Å². The Hall–Kier alpha value is -1.68. The summed E-state index contributed by atoms with van der Waals surface area (Å²) in [6.07, 6.45) is 0. The van der Waals surface area contributed by atoms with E-state index in [4.69, 9.17) is 9.47 Å². The van der Waals surface area contributed by atoms with Gasteiger partial charge in [0.05, 0.1) is 14.2 Å². The molecule has 0 aliphatic rings. The van der Waals surface area contributed by atoms with Crippen LogP contribution in [-0.4, -0.2) is 14.2 Å². The van der Waals surface area contributed by atoms with Gasteiger partial charge < -0.3 is 9.47 Å². The molecule has 0 saturated carbocycles. The summed E-state index contributed by atoms with van der Waals surface area (Å²) in [7, 11) is 3.18. The number of hydrogen-bond donors (Lipinski definition) is 0. The van der Waals surface area contributed by atoms with Crippen molar-refractivity contribution in [1.29, 1.82) is 0 Å². The fourth-order valence-corrected chi connectivity index (χ4v) is 2.55. The van der Waals surface area contributed by atoms with Gasteiger partial charge in [-0.05, 0) is 29.8 Å². The van der Waals surface area contributed by atoms with Crippen LogP contribution < -0.4 is 9.47 Å². The van der Waals surface area contributed by atoms with Gasteiger partial charge >= 0.3 is 0 Å². The first-order chi connectivity index (χ1) is 9.21. The van der Waals surface area contributed by atoms with E-state index in [2.05, 4.69) is 0 Å². The highest BCUT2D eigenvalue weighted by atomic mass is 32.2. The Kier molecular flexibility index (Phi) is 4.68. The summed E-state index contributed by atoms with van der Waals surface area (Å²) in [4.78, 5) is 0.854. The highest BCUT2D eigenvalue weighted by Crippen LogP contribution is 2.28. The summed E-state index contributed by atoms with van der Waals surface area (Å²) in [6, 6.07) is 12.6. The maximum atomic E-state index is 13.3. The second-order valence-electron chi connectivity index (χ2n) is 3.96. The van der Waals surface area contributed by atoms with Gasteiger partial charge in [-0.15, -0.1) is 11.8 Å². The molecule has 2 rings (SSSR count). The molecule has 0 saturated heterocycles. The van der Waals surface area contributed by atoms with E-state index < -0.39 is 0 Å². The highest BCUT2D eigenvalue weighted by molar-refractivity contribution is 7.98. The summed E-state index contributed by atoms with van der Waals surface area (Å²) in [6.45, 7) is 0. The molecule has 0 aliphatic carbocycles. The van der Waals surface area contributed by atoms with Crippen molar-refractivity contribution >= 4 is 11.8 Å². The largest absolute Gasteiger partial charge is 0.497 e. The summed E-state index contributed by atoms with van der Waals surface area (Å²) in [5, 5.41) is 0. The van der Waals surface area contributed by atoms with Gasteiger partial charge in [0.15, 0.2) is 0 Å². The first-order valence-electron chi connectivity index (χ1n) is 5.81. The Bertz CT molecular complexity index is 540. The number of ether oxygens (including phenoxy) is 2. The van der Waals surface area contributed by atoms with E-state index in [-0.39, 0.29) is 5.82 Å². The molecular formula is C15H15FO2S. The maximum absolute atomic E-state index is 13.3. The smallest absolute Gasteiger partial charge is 0.128 e. The Morgan fingerprint density at radius 3 is 2.26 bits per heavy atom. The average Bonchev–Trinajstić information content (AvgIpc) is 2.45. The van der Waals surface area contributed by atoms with Crippen molar-refractivity contribution < 1.29 is 13.9 Å². The van der Waals surface area contributed by atoms with E-state index in [1.807, 2.05) is 30.3 Å². The molecule has 0 aliphatic heterocycles. The van der Waals surface area contributed by atoms with Crippen LogP contribution in [0.2, 0.25) is 0 Å². The first kappa shape index (κ1) is 13.7. The molecular weight excluding hydrogens is 263 g/mol. The van der Waals surface area contributed by atoms with Crippen molar-refractivity contribution in [3.63, 3.8) is 0 Å². The average molecular weight is 278 g/mol. The molecule has 4 heteroatoms. The molecule has 0 unspecified atom stereocenters. The third-order valence-electron chi connectivity index (χ3n) is 2.65. The molecule has 0 fully saturated rings. The van der Waals surface area contributed by atoms with Crippen LogP contribution in [0.4, 0.5) is 4.39 Å². The van der Waals surface area contributed by atoms with Crippen molar-refractivity contribution in [2.24, 2.45) is 0 Å². The van der Waals surface area contributed by atoms with Gasteiger partial charge in [-0.2, -0.15) is 0 Å². The third kappa shape index (κ3) is 3.89. The van der Waals surface area contributed by atoms with Crippen LogP contribution in [0.25, 0.3) is 0 Å². The van der Waals surface area contributed by atoms with Crippen LogP contribution in [0.5, 0.6) is 11.5 Å². The lowest BCUT2D eigenvalue weighted by Crippen LogP contribution is -1.87. The normalized spacial score (nSPS) is 10.3. The standard InChI is InChI=1S/C15H15FO2S/c1-17-13-5-3-11(4-6-13)10-19-15-8-12(16)7-14(9-15)18-2/h3-9H,10H2,1-2H3. The first-order valence-corrected chi connectivity index (χ1v) is 6.80. The molecule has 0 N–H and O–H groups in total. The molecule has 2 aromatic carbocycles. The number of hydrogen-bond acceptors (Lipinski definition) is 3. The number of rotatable bonds is 5. The number of thioether (sulfide) groups is 1. The van der Waals surface area contributed by atoms with E-state index in [1.54, 1.807) is 18.9 Å².